The fourth-order valence-corrected chi connectivity index (χ4v) is 2.70. The van der Waals surface area contributed by atoms with Gasteiger partial charge in [0.15, 0.2) is 0 Å². The molecule has 0 amide bonds. The summed E-state index contributed by atoms with van der Waals surface area (Å²) in [6.45, 7) is 0. The summed E-state index contributed by atoms with van der Waals surface area (Å²) in [4.78, 5) is 10.1. The van der Waals surface area contributed by atoms with Crippen LogP contribution in [0.15, 0.2) is 27.1 Å². The van der Waals surface area contributed by atoms with Crippen molar-refractivity contribution in [3.05, 3.63) is 32.7 Å². The van der Waals surface area contributed by atoms with E-state index in [1.165, 1.54) is 5.56 Å². The van der Waals surface area contributed by atoms with E-state index in [0.717, 1.165) is 34.5 Å². The highest BCUT2D eigenvalue weighted by atomic mass is 79.9. The number of hydrogen-bond donors (Lipinski definition) is 0. The average Bonchev–Trinajstić information content (AvgIpc) is 2.11. The molecule has 0 saturated carbocycles. The first-order valence-electron chi connectivity index (χ1n) is 4.61. The summed E-state index contributed by atoms with van der Waals surface area (Å²) in [7, 11) is 0. The van der Waals surface area contributed by atoms with Crippen LogP contribution in [-0.4, -0.2) is 6.29 Å². The van der Waals surface area contributed by atoms with Crippen molar-refractivity contribution in [1.82, 2.24) is 0 Å². The molecule has 0 aromatic heterocycles. The first kappa shape index (κ1) is 11.9. The minimum atomic E-state index is 0.676. The second-order valence-electron chi connectivity index (χ2n) is 3.19. The maximum Gasteiger partial charge on any atom is 0.119 e. The van der Waals surface area contributed by atoms with E-state index in [1.807, 2.05) is 6.07 Å². The van der Waals surface area contributed by atoms with Crippen LogP contribution < -0.4 is 0 Å². The molecule has 3 heteroatoms. The van der Waals surface area contributed by atoms with Gasteiger partial charge in [-0.3, -0.25) is 0 Å². The maximum absolute atomic E-state index is 10.1. The second kappa shape index (κ2) is 6.36. The highest BCUT2D eigenvalue weighted by molar-refractivity contribution is 9.11. The molecule has 0 fully saturated rings. The zero-order valence-electron chi connectivity index (χ0n) is 7.80. The van der Waals surface area contributed by atoms with Crippen molar-refractivity contribution in [1.29, 1.82) is 0 Å². The predicted octanol–water partition coefficient (Wildman–Crippen LogP) is 4.12. The van der Waals surface area contributed by atoms with Crippen molar-refractivity contribution in [2.45, 2.75) is 25.7 Å². The molecule has 0 unspecified atom stereocenters. The van der Waals surface area contributed by atoms with Crippen molar-refractivity contribution in [2.75, 3.05) is 0 Å². The number of benzene rings is 1. The number of carbonyl (C=O) groups excluding carboxylic acids is 1. The molecule has 0 heterocycles. The van der Waals surface area contributed by atoms with Crippen LogP contribution in [0.25, 0.3) is 0 Å². The van der Waals surface area contributed by atoms with Crippen molar-refractivity contribution in [2.24, 2.45) is 0 Å². The molecular formula is C11H12Br2O. The molecule has 0 aliphatic heterocycles. The molecule has 76 valence electrons. The van der Waals surface area contributed by atoms with Crippen LogP contribution in [0, 0.1) is 0 Å². The van der Waals surface area contributed by atoms with Gasteiger partial charge in [0.25, 0.3) is 0 Å². The molecule has 0 aliphatic carbocycles. The fraction of sp³-hybridized carbons (Fsp3) is 0.364. The van der Waals surface area contributed by atoms with Gasteiger partial charge in [0, 0.05) is 15.4 Å². The van der Waals surface area contributed by atoms with Crippen LogP contribution in [0.1, 0.15) is 24.8 Å². The Morgan fingerprint density at radius 2 is 1.71 bits per heavy atom. The van der Waals surface area contributed by atoms with E-state index < -0.39 is 0 Å². The third kappa shape index (κ3) is 4.38. The third-order valence-electron chi connectivity index (χ3n) is 1.96. The van der Waals surface area contributed by atoms with E-state index in [9.17, 15) is 4.79 Å². The van der Waals surface area contributed by atoms with Crippen LogP contribution in [-0.2, 0) is 11.2 Å². The summed E-state index contributed by atoms with van der Waals surface area (Å²) in [5, 5.41) is 0. The van der Waals surface area contributed by atoms with Crippen LogP contribution >= 0.6 is 31.9 Å². The summed E-state index contributed by atoms with van der Waals surface area (Å²) in [6, 6.07) is 6.26. The van der Waals surface area contributed by atoms with Gasteiger partial charge in [-0.1, -0.05) is 31.9 Å². The lowest BCUT2D eigenvalue weighted by Gasteiger charge is -2.02. The Hall–Kier alpha value is -0.150. The molecule has 0 saturated heterocycles. The zero-order chi connectivity index (χ0) is 10.4. The normalized spacial score (nSPS) is 10.1. The first-order valence-corrected chi connectivity index (χ1v) is 6.19. The Balaban J connectivity index is 2.46. The van der Waals surface area contributed by atoms with E-state index in [0.29, 0.717) is 6.42 Å². The summed E-state index contributed by atoms with van der Waals surface area (Å²) >= 11 is 6.90. The smallest absolute Gasteiger partial charge is 0.119 e. The van der Waals surface area contributed by atoms with Crippen molar-refractivity contribution < 1.29 is 4.79 Å². The SMILES string of the molecule is O=CCCCCc1cc(Br)cc(Br)c1. The lowest BCUT2D eigenvalue weighted by Crippen LogP contribution is -1.86. The molecule has 1 aromatic rings. The zero-order valence-corrected chi connectivity index (χ0v) is 11.0. The summed E-state index contributed by atoms with van der Waals surface area (Å²) in [5.41, 5.74) is 1.30. The summed E-state index contributed by atoms with van der Waals surface area (Å²) in [5.74, 6) is 0. The topological polar surface area (TPSA) is 17.1 Å². The highest BCUT2D eigenvalue weighted by Gasteiger charge is 1.97. The number of aldehydes is 1. The number of aryl methyl sites for hydroxylation is 1. The molecule has 0 bridgehead atoms. The number of rotatable bonds is 5. The molecule has 0 atom stereocenters. The van der Waals surface area contributed by atoms with Crippen molar-refractivity contribution >= 4 is 38.1 Å². The fourth-order valence-electron chi connectivity index (χ4n) is 1.31. The van der Waals surface area contributed by atoms with Gasteiger partial charge >= 0.3 is 0 Å². The Labute approximate surface area is 101 Å². The molecule has 0 aliphatic rings. The second-order valence-corrected chi connectivity index (χ2v) is 5.02. The van der Waals surface area contributed by atoms with Crippen LogP contribution in [0.5, 0.6) is 0 Å². The maximum atomic E-state index is 10.1. The average molecular weight is 320 g/mol. The summed E-state index contributed by atoms with van der Waals surface area (Å²) < 4.78 is 2.19. The van der Waals surface area contributed by atoms with E-state index in [2.05, 4.69) is 44.0 Å². The Morgan fingerprint density at radius 1 is 1.07 bits per heavy atom. The lowest BCUT2D eigenvalue weighted by atomic mass is 10.1. The first-order chi connectivity index (χ1) is 6.72. The molecular weight excluding hydrogens is 308 g/mol. The minimum absolute atomic E-state index is 0.676. The van der Waals surface area contributed by atoms with Gasteiger partial charge < -0.3 is 4.79 Å². The van der Waals surface area contributed by atoms with E-state index in [1.54, 1.807) is 0 Å². The molecule has 1 nitrogen and oxygen atoms in total. The highest BCUT2D eigenvalue weighted by Crippen LogP contribution is 2.21. The van der Waals surface area contributed by atoms with Gasteiger partial charge in [-0.05, 0) is 43.0 Å². The van der Waals surface area contributed by atoms with Gasteiger partial charge in [-0.2, -0.15) is 0 Å². The lowest BCUT2D eigenvalue weighted by molar-refractivity contribution is -0.107. The Morgan fingerprint density at radius 3 is 2.29 bits per heavy atom. The minimum Gasteiger partial charge on any atom is -0.303 e. The molecule has 0 N–H and O–H groups in total. The van der Waals surface area contributed by atoms with E-state index in [4.69, 9.17) is 0 Å². The van der Waals surface area contributed by atoms with Crippen LogP contribution in [0.4, 0.5) is 0 Å². The van der Waals surface area contributed by atoms with Crippen LogP contribution in [0.2, 0.25) is 0 Å². The third-order valence-corrected chi connectivity index (χ3v) is 2.88. The number of halogens is 2. The monoisotopic (exact) mass is 318 g/mol. The van der Waals surface area contributed by atoms with Crippen LogP contribution in [0.3, 0.4) is 0 Å². The molecule has 0 radical (unpaired) electrons. The van der Waals surface area contributed by atoms with E-state index >= 15 is 0 Å². The summed E-state index contributed by atoms with van der Waals surface area (Å²) in [6.07, 6.45) is 4.74. The van der Waals surface area contributed by atoms with Crippen molar-refractivity contribution in [3.63, 3.8) is 0 Å². The van der Waals surface area contributed by atoms with Gasteiger partial charge in [0.05, 0.1) is 0 Å². The van der Waals surface area contributed by atoms with Gasteiger partial charge in [-0.25, -0.2) is 0 Å². The van der Waals surface area contributed by atoms with Gasteiger partial charge in [-0.15, -0.1) is 0 Å². The predicted molar refractivity (Wildman–Crippen MR) is 65.5 cm³/mol. The standard InChI is InChI=1S/C11H12Br2O/c12-10-6-9(7-11(13)8-10)4-2-1-3-5-14/h5-8H,1-4H2. The molecule has 1 aromatic carbocycles. The largest absolute Gasteiger partial charge is 0.303 e. The van der Waals surface area contributed by atoms with Crippen molar-refractivity contribution in [3.8, 4) is 0 Å². The Bertz CT molecular complexity index is 290. The number of unbranched alkanes of at least 4 members (excludes halogenated alkanes) is 2. The molecule has 0 spiro atoms. The molecule has 14 heavy (non-hydrogen) atoms. The number of carbonyl (C=O) groups is 1. The Kier molecular flexibility index (Phi) is 5.41. The van der Waals surface area contributed by atoms with Gasteiger partial charge in [0.1, 0.15) is 6.29 Å². The number of hydrogen-bond acceptors (Lipinski definition) is 1. The quantitative estimate of drug-likeness (QED) is 0.589. The van der Waals surface area contributed by atoms with Gasteiger partial charge in [0.2, 0.25) is 0 Å². The van der Waals surface area contributed by atoms with E-state index in [-0.39, 0.29) is 0 Å². The molecule has 1 rings (SSSR count).